The van der Waals surface area contributed by atoms with Crippen LogP contribution in [0.1, 0.15) is 45.6 Å². The van der Waals surface area contributed by atoms with E-state index in [-0.39, 0.29) is 5.41 Å². The first-order chi connectivity index (χ1) is 8.97. The van der Waals surface area contributed by atoms with E-state index in [1.165, 1.54) is 12.0 Å². The monoisotopic (exact) mass is 262 g/mol. The molecule has 0 atom stereocenters. The van der Waals surface area contributed by atoms with Gasteiger partial charge in [-0.05, 0) is 30.7 Å². The highest BCUT2D eigenvalue weighted by molar-refractivity contribution is 5.40. The predicted molar refractivity (Wildman–Crippen MR) is 78.8 cm³/mol. The van der Waals surface area contributed by atoms with Crippen LogP contribution in [-0.2, 0) is 10.2 Å². The van der Waals surface area contributed by atoms with Gasteiger partial charge >= 0.3 is 0 Å². The maximum absolute atomic E-state index is 5.60. The van der Waals surface area contributed by atoms with E-state index in [1.807, 2.05) is 6.07 Å². The molecule has 2 rings (SSSR count). The van der Waals surface area contributed by atoms with E-state index in [1.54, 1.807) is 7.11 Å². The Labute approximate surface area is 117 Å². The summed E-state index contributed by atoms with van der Waals surface area (Å²) in [6.45, 7) is 8.67. The van der Waals surface area contributed by atoms with Crippen LogP contribution in [0.5, 0.6) is 5.75 Å². The minimum atomic E-state index is 0.198. The molecule has 1 aromatic carbocycles. The molecule has 0 unspecified atom stereocenters. The molecule has 0 amide bonds. The van der Waals surface area contributed by atoms with Gasteiger partial charge in [-0.2, -0.15) is 0 Å². The van der Waals surface area contributed by atoms with Gasteiger partial charge in [-0.3, -0.25) is 0 Å². The molecule has 0 radical (unpaired) electrons. The van der Waals surface area contributed by atoms with Gasteiger partial charge in [0.25, 0.3) is 0 Å². The second-order valence-electron chi connectivity index (χ2n) is 6.83. The van der Waals surface area contributed by atoms with E-state index in [0.29, 0.717) is 5.41 Å². The minimum absolute atomic E-state index is 0.198. The van der Waals surface area contributed by atoms with Crippen molar-refractivity contribution in [3.05, 3.63) is 29.8 Å². The number of hydrogen-bond acceptors (Lipinski definition) is 2. The second kappa shape index (κ2) is 5.54. The summed E-state index contributed by atoms with van der Waals surface area (Å²) < 4.78 is 11.2. The lowest BCUT2D eigenvalue weighted by molar-refractivity contribution is 0.0331. The van der Waals surface area contributed by atoms with Crippen molar-refractivity contribution >= 4 is 0 Å². The number of hydrogen-bond donors (Lipinski definition) is 0. The molecule has 0 saturated carbocycles. The van der Waals surface area contributed by atoms with Gasteiger partial charge in [0.1, 0.15) is 5.75 Å². The van der Waals surface area contributed by atoms with Crippen molar-refractivity contribution < 1.29 is 9.47 Å². The molecule has 0 N–H and O–H groups in total. The lowest BCUT2D eigenvalue weighted by Crippen LogP contribution is -2.37. The Morgan fingerprint density at radius 2 is 1.79 bits per heavy atom. The van der Waals surface area contributed by atoms with Crippen LogP contribution in [0.3, 0.4) is 0 Å². The Balaban J connectivity index is 2.41. The summed E-state index contributed by atoms with van der Waals surface area (Å²) in [5.74, 6) is 1.02. The quantitative estimate of drug-likeness (QED) is 0.813. The Kier molecular flexibility index (Phi) is 4.19. The largest absolute Gasteiger partial charge is 0.496 e. The van der Waals surface area contributed by atoms with Crippen LogP contribution < -0.4 is 4.74 Å². The van der Waals surface area contributed by atoms with Crippen LogP contribution in [0.15, 0.2) is 24.3 Å². The smallest absolute Gasteiger partial charge is 0.122 e. The second-order valence-corrected chi connectivity index (χ2v) is 6.83. The van der Waals surface area contributed by atoms with Crippen LogP contribution in [0.25, 0.3) is 0 Å². The fourth-order valence-corrected chi connectivity index (χ4v) is 3.40. The van der Waals surface area contributed by atoms with Crippen LogP contribution in [0.2, 0.25) is 0 Å². The first-order valence-corrected chi connectivity index (χ1v) is 7.18. The number of rotatable bonds is 3. The van der Waals surface area contributed by atoms with Gasteiger partial charge < -0.3 is 9.47 Å². The molecule has 1 heterocycles. The summed E-state index contributed by atoms with van der Waals surface area (Å²) in [6, 6.07) is 8.48. The fraction of sp³-hybridized carbons (Fsp3) is 0.647. The number of methoxy groups -OCH3 is 1. The number of benzene rings is 1. The van der Waals surface area contributed by atoms with E-state index in [0.717, 1.165) is 31.8 Å². The van der Waals surface area contributed by atoms with Gasteiger partial charge in [0.05, 0.1) is 7.11 Å². The fourth-order valence-electron chi connectivity index (χ4n) is 3.40. The zero-order valence-corrected chi connectivity index (χ0v) is 12.7. The van der Waals surface area contributed by atoms with Gasteiger partial charge in [-0.15, -0.1) is 0 Å². The summed E-state index contributed by atoms with van der Waals surface area (Å²) in [5.41, 5.74) is 1.86. The Bertz CT molecular complexity index is 412. The van der Waals surface area contributed by atoms with Crippen molar-refractivity contribution in [3.63, 3.8) is 0 Å². The molecule has 1 fully saturated rings. The summed E-state index contributed by atoms with van der Waals surface area (Å²) in [6.07, 6.45) is 3.35. The molecule has 1 aliphatic heterocycles. The highest BCUT2D eigenvalue weighted by Crippen LogP contribution is 2.46. The highest BCUT2D eigenvalue weighted by atomic mass is 16.5. The lowest BCUT2D eigenvalue weighted by Gasteiger charge is -2.42. The van der Waals surface area contributed by atoms with Crippen molar-refractivity contribution in [1.82, 2.24) is 0 Å². The van der Waals surface area contributed by atoms with Crippen molar-refractivity contribution in [2.45, 2.75) is 45.4 Å². The Morgan fingerprint density at radius 1 is 1.16 bits per heavy atom. The maximum Gasteiger partial charge on any atom is 0.122 e. The molecular weight excluding hydrogens is 236 g/mol. The minimum Gasteiger partial charge on any atom is -0.496 e. The molecule has 0 spiro atoms. The van der Waals surface area contributed by atoms with Gasteiger partial charge in [0.15, 0.2) is 0 Å². The molecule has 0 bridgehead atoms. The predicted octanol–water partition coefficient (Wildman–Crippen LogP) is 4.18. The van der Waals surface area contributed by atoms with Gasteiger partial charge in [0.2, 0.25) is 0 Å². The van der Waals surface area contributed by atoms with Gasteiger partial charge in [-0.25, -0.2) is 0 Å². The van der Waals surface area contributed by atoms with Crippen LogP contribution in [-0.4, -0.2) is 20.3 Å². The normalized spacial score (nSPS) is 19.2. The third kappa shape index (κ3) is 3.30. The molecular formula is C17H26O2. The molecule has 1 saturated heterocycles. The third-order valence-electron chi connectivity index (χ3n) is 4.00. The van der Waals surface area contributed by atoms with Gasteiger partial charge in [0, 0.05) is 24.2 Å². The zero-order chi connectivity index (χ0) is 13.9. The average molecular weight is 262 g/mol. The highest BCUT2D eigenvalue weighted by Gasteiger charge is 2.39. The molecule has 0 aliphatic carbocycles. The van der Waals surface area contributed by atoms with Crippen LogP contribution >= 0.6 is 0 Å². The first kappa shape index (κ1) is 14.4. The molecule has 1 aliphatic rings. The summed E-state index contributed by atoms with van der Waals surface area (Å²) in [7, 11) is 1.77. The van der Waals surface area contributed by atoms with Crippen molar-refractivity contribution in [2.75, 3.05) is 20.3 Å². The Morgan fingerprint density at radius 3 is 2.37 bits per heavy atom. The molecule has 106 valence electrons. The molecule has 2 heteroatoms. The SMILES string of the molecule is COc1ccccc1C1(CC(C)(C)C)CCOCC1. The standard InChI is InChI=1S/C17H26O2/c1-16(2,3)13-17(9-11-19-12-10-17)14-7-5-6-8-15(14)18-4/h5-8H,9-13H2,1-4H3. The topological polar surface area (TPSA) is 18.5 Å². The van der Waals surface area contributed by atoms with E-state index in [2.05, 4.69) is 39.0 Å². The van der Waals surface area contributed by atoms with E-state index in [4.69, 9.17) is 9.47 Å². The van der Waals surface area contributed by atoms with Crippen molar-refractivity contribution in [3.8, 4) is 5.75 Å². The van der Waals surface area contributed by atoms with Crippen LogP contribution in [0, 0.1) is 5.41 Å². The van der Waals surface area contributed by atoms with E-state index < -0.39 is 0 Å². The maximum atomic E-state index is 5.60. The first-order valence-electron chi connectivity index (χ1n) is 7.18. The number of para-hydroxylation sites is 1. The van der Waals surface area contributed by atoms with E-state index >= 15 is 0 Å². The zero-order valence-electron chi connectivity index (χ0n) is 12.7. The Hall–Kier alpha value is -1.02. The summed E-state index contributed by atoms with van der Waals surface area (Å²) >= 11 is 0. The van der Waals surface area contributed by atoms with Crippen molar-refractivity contribution in [2.24, 2.45) is 5.41 Å². The summed E-state index contributed by atoms with van der Waals surface area (Å²) in [5, 5.41) is 0. The lowest BCUT2D eigenvalue weighted by atomic mass is 9.65. The van der Waals surface area contributed by atoms with Crippen molar-refractivity contribution in [1.29, 1.82) is 0 Å². The number of ether oxygens (including phenoxy) is 2. The molecule has 1 aromatic rings. The van der Waals surface area contributed by atoms with E-state index in [9.17, 15) is 0 Å². The summed E-state index contributed by atoms with van der Waals surface area (Å²) in [4.78, 5) is 0. The van der Waals surface area contributed by atoms with Crippen LogP contribution in [0.4, 0.5) is 0 Å². The average Bonchev–Trinajstić information content (AvgIpc) is 2.38. The third-order valence-corrected chi connectivity index (χ3v) is 4.00. The molecule has 2 nitrogen and oxygen atoms in total. The molecule has 0 aromatic heterocycles. The van der Waals surface area contributed by atoms with Gasteiger partial charge in [-0.1, -0.05) is 39.0 Å². The molecule has 19 heavy (non-hydrogen) atoms.